The zero-order valence-corrected chi connectivity index (χ0v) is 12.2. The summed E-state index contributed by atoms with van der Waals surface area (Å²) in [5.41, 5.74) is 2.03. The lowest BCUT2D eigenvalue weighted by atomic mass is 9.97. The van der Waals surface area contributed by atoms with Crippen LogP contribution in [-0.2, 0) is 4.79 Å². The quantitative estimate of drug-likeness (QED) is 0.878. The second kappa shape index (κ2) is 5.47. The molecule has 21 heavy (non-hydrogen) atoms. The summed E-state index contributed by atoms with van der Waals surface area (Å²) in [6, 6.07) is 11.4. The molecule has 108 valence electrons. The van der Waals surface area contributed by atoms with Gasteiger partial charge in [0, 0.05) is 23.3 Å². The van der Waals surface area contributed by atoms with E-state index in [0.717, 1.165) is 11.3 Å². The lowest BCUT2D eigenvalue weighted by Gasteiger charge is -2.21. The first kappa shape index (κ1) is 14.0. The van der Waals surface area contributed by atoms with Crippen LogP contribution in [0.5, 0.6) is 0 Å². The Bertz CT molecular complexity index is 704. The first-order valence-corrected chi connectivity index (χ1v) is 6.99. The van der Waals surface area contributed by atoms with Gasteiger partial charge in [0.2, 0.25) is 5.91 Å². The van der Waals surface area contributed by atoms with Crippen molar-refractivity contribution in [3.05, 3.63) is 64.4 Å². The van der Waals surface area contributed by atoms with Gasteiger partial charge in [-0.1, -0.05) is 29.8 Å². The summed E-state index contributed by atoms with van der Waals surface area (Å²) < 4.78 is 14.1. The molecular weight excluding hydrogens is 291 g/mol. The van der Waals surface area contributed by atoms with Crippen molar-refractivity contribution in [1.29, 1.82) is 0 Å². The number of likely N-dealkylation sites (N-methyl/N-ethyl adjacent to an activating group) is 1. The number of nitrogens with zero attached hydrogens (tertiary/aromatic N) is 1. The Morgan fingerprint density at radius 2 is 2.00 bits per heavy atom. The fourth-order valence-electron chi connectivity index (χ4n) is 2.60. The monoisotopic (exact) mass is 304 g/mol. The van der Waals surface area contributed by atoms with Crippen LogP contribution >= 0.6 is 11.6 Å². The molecular formula is C16H14ClFN2O. The molecule has 0 aromatic heterocycles. The maximum absolute atomic E-state index is 14.1. The first-order chi connectivity index (χ1) is 10.1. The zero-order valence-electron chi connectivity index (χ0n) is 11.4. The summed E-state index contributed by atoms with van der Waals surface area (Å²) in [6.07, 6.45) is 0. The molecule has 2 aromatic rings. The topological polar surface area (TPSA) is 32.3 Å². The van der Waals surface area contributed by atoms with E-state index in [1.165, 1.54) is 6.07 Å². The number of benzene rings is 2. The lowest BCUT2D eigenvalue weighted by molar-refractivity contribution is -0.117. The van der Waals surface area contributed by atoms with Crippen LogP contribution in [0.1, 0.15) is 17.2 Å². The molecule has 0 saturated heterocycles. The molecule has 0 aliphatic carbocycles. The molecule has 1 aliphatic heterocycles. The number of anilines is 1. The highest BCUT2D eigenvalue weighted by Crippen LogP contribution is 2.35. The van der Waals surface area contributed by atoms with Gasteiger partial charge >= 0.3 is 0 Å². The third-order valence-electron chi connectivity index (χ3n) is 3.71. The normalized spacial score (nSPS) is 18.3. The van der Waals surface area contributed by atoms with E-state index in [2.05, 4.69) is 5.32 Å². The van der Waals surface area contributed by atoms with E-state index in [1.807, 2.05) is 0 Å². The SMILES string of the molecule is CN1C(=O)CNC(c2ccccc2F)c2cc(Cl)ccc21. The number of nitrogens with one attached hydrogen (secondary N) is 1. The molecule has 1 N–H and O–H groups in total. The molecule has 1 amide bonds. The van der Waals surface area contributed by atoms with Crippen molar-refractivity contribution < 1.29 is 9.18 Å². The van der Waals surface area contributed by atoms with Crippen molar-refractivity contribution in [2.45, 2.75) is 6.04 Å². The third-order valence-corrected chi connectivity index (χ3v) is 3.94. The van der Waals surface area contributed by atoms with Crippen molar-refractivity contribution in [3.63, 3.8) is 0 Å². The van der Waals surface area contributed by atoms with Gasteiger partial charge in [-0.3, -0.25) is 10.1 Å². The molecule has 1 aliphatic rings. The summed E-state index contributed by atoms with van der Waals surface area (Å²) in [4.78, 5) is 13.6. The van der Waals surface area contributed by atoms with E-state index < -0.39 is 6.04 Å². The number of carbonyl (C=O) groups is 1. The van der Waals surface area contributed by atoms with Crippen LogP contribution < -0.4 is 10.2 Å². The van der Waals surface area contributed by atoms with Gasteiger partial charge in [-0.15, -0.1) is 0 Å². The van der Waals surface area contributed by atoms with Crippen LogP contribution in [0.2, 0.25) is 5.02 Å². The van der Waals surface area contributed by atoms with E-state index in [4.69, 9.17) is 11.6 Å². The highest BCUT2D eigenvalue weighted by atomic mass is 35.5. The standard InChI is InChI=1S/C16H14ClFN2O/c1-20-14-7-6-10(17)8-12(14)16(19-9-15(20)21)11-4-2-3-5-13(11)18/h2-8,16,19H,9H2,1H3. The summed E-state index contributed by atoms with van der Waals surface area (Å²) in [7, 11) is 1.71. The van der Waals surface area contributed by atoms with Crippen LogP contribution in [-0.4, -0.2) is 19.5 Å². The average Bonchev–Trinajstić information content (AvgIpc) is 2.59. The Hall–Kier alpha value is -1.91. The van der Waals surface area contributed by atoms with Crippen molar-refractivity contribution in [1.82, 2.24) is 5.32 Å². The summed E-state index contributed by atoms with van der Waals surface area (Å²) in [6.45, 7) is 0.141. The van der Waals surface area contributed by atoms with Crippen LogP contribution in [0.3, 0.4) is 0 Å². The second-order valence-corrected chi connectivity index (χ2v) is 5.43. The molecule has 1 atom stereocenters. The lowest BCUT2D eigenvalue weighted by Crippen LogP contribution is -2.33. The van der Waals surface area contributed by atoms with E-state index in [0.29, 0.717) is 10.6 Å². The molecule has 2 aromatic carbocycles. The Morgan fingerprint density at radius 3 is 2.76 bits per heavy atom. The van der Waals surface area contributed by atoms with Gasteiger partial charge < -0.3 is 4.90 Å². The van der Waals surface area contributed by atoms with E-state index >= 15 is 0 Å². The Kier molecular flexibility index (Phi) is 3.66. The van der Waals surface area contributed by atoms with Crippen LogP contribution in [0, 0.1) is 5.82 Å². The number of fused-ring (bicyclic) bond motifs is 1. The number of hydrogen-bond acceptors (Lipinski definition) is 2. The molecule has 1 heterocycles. The van der Waals surface area contributed by atoms with Gasteiger partial charge in [-0.05, 0) is 29.8 Å². The highest BCUT2D eigenvalue weighted by molar-refractivity contribution is 6.30. The van der Waals surface area contributed by atoms with Crippen molar-refractivity contribution in [3.8, 4) is 0 Å². The fourth-order valence-corrected chi connectivity index (χ4v) is 2.78. The molecule has 1 unspecified atom stereocenters. The number of rotatable bonds is 1. The van der Waals surface area contributed by atoms with Gasteiger partial charge in [0.25, 0.3) is 0 Å². The summed E-state index contributed by atoms with van der Waals surface area (Å²) >= 11 is 6.08. The first-order valence-electron chi connectivity index (χ1n) is 6.62. The molecule has 3 rings (SSSR count). The average molecular weight is 305 g/mol. The van der Waals surface area contributed by atoms with E-state index in [1.54, 1.807) is 48.3 Å². The predicted octanol–water partition coefficient (Wildman–Crippen LogP) is 3.13. The molecule has 0 radical (unpaired) electrons. The van der Waals surface area contributed by atoms with E-state index in [9.17, 15) is 9.18 Å². The molecule has 0 fully saturated rings. The third kappa shape index (κ3) is 2.52. The van der Waals surface area contributed by atoms with Gasteiger partial charge in [-0.25, -0.2) is 4.39 Å². The van der Waals surface area contributed by atoms with E-state index in [-0.39, 0.29) is 18.3 Å². The second-order valence-electron chi connectivity index (χ2n) is 4.99. The van der Waals surface area contributed by atoms with Gasteiger partial charge in [-0.2, -0.15) is 0 Å². The van der Waals surface area contributed by atoms with Crippen molar-refractivity contribution >= 4 is 23.2 Å². The number of amides is 1. The van der Waals surface area contributed by atoms with Gasteiger partial charge in [0.05, 0.1) is 12.6 Å². The molecule has 5 heteroatoms. The smallest absolute Gasteiger partial charge is 0.240 e. The molecule has 0 bridgehead atoms. The molecule has 0 saturated carbocycles. The molecule has 3 nitrogen and oxygen atoms in total. The van der Waals surface area contributed by atoms with Crippen molar-refractivity contribution in [2.75, 3.05) is 18.5 Å². The van der Waals surface area contributed by atoms with Gasteiger partial charge in [0.15, 0.2) is 0 Å². The summed E-state index contributed by atoms with van der Waals surface area (Å²) in [5.74, 6) is -0.379. The molecule has 0 spiro atoms. The predicted molar refractivity (Wildman–Crippen MR) is 81.1 cm³/mol. The summed E-state index contributed by atoms with van der Waals surface area (Å²) in [5, 5.41) is 3.67. The number of hydrogen-bond donors (Lipinski definition) is 1. The highest BCUT2D eigenvalue weighted by Gasteiger charge is 2.28. The Labute approximate surface area is 127 Å². The zero-order chi connectivity index (χ0) is 15.0. The minimum Gasteiger partial charge on any atom is -0.314 e. The Morgan fingerprint density at radius 1 is 1.24 bits per heavy atom. The van der Waals surface area contributed by atoms with Crippen LogP contribution in [0.25, 0.3) is 0 Å². The number of carbonyl (C=O) groups excluding carboxylic acids is 1. The fraction of sp³-hybridized carbons (Fsp3) is 0.188. The minimum absolute atomic E-state index is 0.0718. The van der Waals surface area contributed by atoms with Gasteiger partial charge in [0.1, 0.15) is 5.82 Å². The van der Waals surface area contributed by atoms with Crippen LogP contribution in [0.15, 0.2) is 42.5 Å². The maximum atomic E-state index is 14.1. The minimum atomic E-state index is -0.409. The number of halogens is 2. The van der Waals surface area contributed by atoms with Crippen molar-refractivity contribution in [2.24, 2.45) is 0 Å². The Balaban J connectivity index is 2.19. The largest absolute Gasteiger partial charge is 0.314 e. The van der Waals surface area contributed by atoms with Crippen LogP contribution in [0.4, 0.5) is 10.1 Å². The maximum Gasteiger partial charge on any atom is 0.240 e.